The van der Waals surface area contributed by atoms with Gasteiger partial charge in [0.05, 0.1) is 13.2 Å². The van der Waals surface area contributed by atoms with Crippen LogP contribution in [0, 0.1) is 6.92 Å². The molecule has 1 amide bonds. The Balaban J connectivity index is 1.62. The summed E-state index contributed by atoms with van der Waals surface area (Å²) in [6, 6.07) is 7.72. The van der Waals surface area contributed by atoms with Gasteiger partial charge in [-0.1, -0.05) is 17.7 Å². The van der Waals surface area contributed by atoms with Gasteiger partial charge < -0.3 is 14.8 Å². The summed E-state index contributed by atoms with van der Waals surface area (Å²) in [7, 11) is 0. The number of nitrogens with one attached hydrogen (secondary N) is 1. The van der Waals surface area contributed by atoms with Crippen molar-refractivity contribution in [2.75, 3.05) is 39.4 Å². The van der Waals surface area contributed by atoms with Gasteiger partial charge in [0, 0.05) is 19.6 Å². The fourth-order valence-corrected chi connectivity index (χ4v) is 2.36. The molecule has 1 saturated heterocycles. The van der Waals surface area contributed by atoms with Crippen LogP contribution in [0.3, 0.4) is 0 Å². The third-order valence-electron chi connectivity index (χ3n) is 3.76. The lowest BCUT2D eigenvalue weighted by Crippen LogP contribution is -2.40. The molecule has 0 bridgehead atoms. The van der Waals surface area contributed by atoms with Crippen molar-refractivity contribution in [2.24, 2.45) is 0 Å². The second-order valence-electron chi connectivity index (χ2n) is 5.67. The first-order valence-electron chi connectivity index (χ1n) is 7.96. The zero-order chi connectivity index (χ0) is 15.8. The number of benzene rings is 1. The van der Waals surface area contributed by atoms with Gasteiger partial charge >= 0.3 is 0 Å². The standard InChI is InChI=1S/C17H26N2O3/c1-14-4-6-16(7-5-14)22-15(2)17(20)18-8-3-9-19-10-12-21-13-11-19/h4-7,15H,3,8-13H2,1-2H3,(H,18,20)/t15-/m1/s1. The van der Waals surface area contributed by atoms with Gasteiger partial charge in [-0.15, -0.1) is 0 Å². The summed E-state index contributed by atoms with van der Waals surface area (Å²) in [4.78, 5) is 14.4. The highest BCUT2D eigenvalue weighted by Gasteiger charge is 2.14. The molecule has 1 heterocycles. The van der Waals surface area contributed by atoms with E-state index in [0.29, 0.717) is 6.54 Å². The smallest absolute Gasteiger partial charge is 0.260 e. The molecule has 1 aliphatic rings. The van der Waals surface area contributed by atoms with E-state index in [2.05, 4.69) is 10.2 Å². The summed E-state index contributed by atoms with van der Waals surface area (Å²) in [6.45, 7) is 9.07. The van der Waals surface area contributed by atoms with Gasteiger partial charge in [-0.05, 0) is 38.9 Å². The summed E-state index contributed by atoms with van der Waals surface area (Å²) in [5.41, 5.74) is 1.17. The first-order valence-corrected chi connectivity index (χ1v) is 7.96. The lowest BCUT2D eigenvalue weighted by molar-refractivity contribution is -0.127. The van der Waals surface area contributed by atoms with Crippen LogP contribution in [0.2, 0.25) is 0 Å². The molecule has 1 aromatic rings. The molecule has 0 aliphatic carbocycles. The van der Waals surface area contributed by atoms with Crippen molar-refractivity contribution in [3.05, 3.63) is 29.8 Å². The Morgan fingerprint density at radius 3 is 2.68 bits per heavy atom. The second-order valence-corrected chi connectivity index (χ2v) is 5.67. The first kappa shape index (κ1) is 16.8. The van der Waals surface area contributed by atoms with Crippen LogP contribution in [0.4, 0.5) is 0 Å². The molecular weight excluding hydrogens is 280 g/mol. The van der Waals surface area contributed by atoms with Crippen LogP contribution in [0.25, 0.3) is 0 Å². The molecule has 122 valence electrons. The van der Waals surface area contributed by atoms with Crippen molar-refractivity contribution in [3.63, 3.8) is 0 Å². The third kappa shape index (κ3) is 5.66. The van der Waals surface area contributed by atoms with Crippen LogP contribution in [-0.2, 0) is 9.53 Å². The maximum atomic E-state index is 12.0. The minimum atomic E-state index is -0.480. The fourth-order valence-electron chi connectivity index (χ4n) is 2.36. The number of ether oxygens (including phenoxy) is 2. The summed E-state index contributed by atoms with van der Waals surface area (Å²) in [5, 5.41) is 2.93. The van der Waals surface area contributed by atoms with E-state index in [1.165, 1.54) is 5.56 Å². The average molecular weight is 306 g/mol. The van der Waals surface area contributed by atoms with E-state index in [-0.39, 0.29) is 5.91 Å². The normalized spacial score (nSPS) is 17.0. The van der Waals surface area contributed by atoms with Gasteiger partial charge in [-0.2, -0.15) is 0 Å². The molecule has 0 radical (unpaired) electrons. The Hall–Kier alpha value is -1.59. The van der Waals surface area contributed by atoms with E-state index in [0.717, 1.165) is 45.0 Å². The maximum absolute atomic E-state index is 12.0. The Kier molecular flexibility index (Phi) is 6.68. The minimum absolute atomic E-state index is 0.0671. The topological polar surface area (TPSA) is 50.8 Å². The number of carbonyl (C=O) groups is 1. The molecule has 0 aromatic heterocycles. The quantitative estimate of drug-likeness (QED) is 0.778. The zero-order valence-electron chi connectivity index (χ0n) is 13.5. The predicted molar refractivity (Wildman–Crippen MR) is 86.2 cm³/mol. The Labute approximate surface area is 132 Å². The van der Waals surface area contributed by atoms with Crippen molar-refractivity contribution < 1.29 is 14.3 Å². The van der Waals surface area contributed by atoms with E-state index in [1.54, 1.807) is 6.92 Å². The molecule has 22 heavy (non-hydrogen) atoms. The van der Waals surface area contributed by atoms with E-state index in [9.17, 15) is 4.79 Å². The van der Waals surface area contributed by atoms with E-state index < -0.39 is 6.10 Å². The van der Waals surface area contributed by atoms with Gasteiger partial charge in [0.15, 0.2) is 6.10 Å². The van der Waals surface area contributed by atoms with E-state index >= 15 is 0 Å². The molecule has 1 fully saturated rings. The van der Waals surface area contributed by atoms with Gasteiger partial charge in [0.25, 0.3) is 5.91 Å². The predicted octanol–water partition coefficient (Wildman–Crippen LogP) is 1.60. The number of hydrogen-bond donors (Lipinski definition) is 1. The van der Waals surface area contributed by atoms with Gasteiger partial charge in [-0.3, -0.25) is 9.69 Å². The first-order chi connectivity index (χ1) is 10.6. The number of morpholine rings is 1. The maximum Gasteiger partial charge on any atom is 0.260 e. The molecule has 0 unspecified atom stereocenters. The zero-order valence-corrected chi connectivity index (χ0v) is 13.5. The lowest BCUT2D eigenvalue weighted by Gasteiger charge is -2.26. The fraction of sp³-hybridized carbons (Fsp3) is 0.588. The molecule has 1 atom stereocenters. The van der Waals surface area contributed by atoms with Crippen LogP contribution in [0.5, 0.6) is 5.75 Å². The van der Waals surface area contributed by atoms with Crippen LogP contribution >= 0.6 is 0 Å². The van der Waals surface area contributed by atoms with Crippen LogP contribution in [0.15, 0.2) is 24.3 Å². The molecule has 2 rings (SSSR count). The molecule has 0 spiro atoms. The average Bonchev–Trinajstić information content (AvgIpc) is 2.54. The van der Waals surface area contributed by atoms with Gasteiger partial charge in [0.2, 0.25) is 0 Å². The molecule has 5 heteroatoms. The monoisotopic (exact) mass is 306 g/mol. The molecule has 5 nitrogen and oxygen atoms in total. The molecule has 1 aliphatic heterocycles. The number of nitrogens with zero attached hydrogens (tertiary/aromatic N) is 1. The SMILES string of the molecule is Cc1ccc(O[C@H](C)C(=O)NCCCN2CCOCC2)cc1. The number of carbonyl (C=O) groups excluding carboxylic acids is 1. The highest BCUT2D eigenvalue weighted by atomic mass is 16.5. The summed E-state index contributed by atoms with van der Waals surface area (Å²) in [5.74, 6) is 0.657. The Morgan fingerprint density at radius 1 is 1.32 bits per heavy atom. The number of aryl methyl sites for hydroxylation is 1. The molecular formula is C17H26N2O3. The Bertz CT molecular complexity index is 455. The number of rotatable bonds is 7. The number of amides is 1. The lowest BCUT2D eigenvalue weighted by atomic mass is 10.2. The molecule has 1 aromatic carbocycles. The van der Waals surface area contributed by atoms with Crippen molar-refractivity contribution in [2.45, 2.75) is 26.4 Å². The van der Waals surface area contributed by atoms with Crippen LogP contribution in [-0.4, -0.2) is 56.3 Å². The van der Waals surface area contributed by atoms with Gasteiger partial charge in [-0.25, -0.2) is 0 Å². The largest absolute Gasteiger partial charge is 0.481 e. The summed E-state index contributed by atoms with van der Waals surface area (Å²) < 4.78 is 11.0. The summed E-state index contributed by atoms with van der Waals surface area (Å²) in [6.07, 6.45) is 0.467. The van der Waals surface area contributed by atoms with Crippen LogP contribution in [0.1, 0.15) is 18.9 Å². The van der Waals surface area contributed by atoms with Crippen LogP contribution < -0.4 is 10.1 Å². The van der Waals surface area contributed by atoms with Crippen molar-refractivity contribution >= 4 is 5.91 Å². The van der Waals surface area contributed by atoms with Crippen molar-refractivity contribution in [1.29, 1.82) is 0 Å². The third-order valence-corrected chi connectivity index (χ3v) is 3.76. The Morgan fingerprint density at radius 2 is 2.00 bits per heavy atom. The number of hydrogen-bond acceptors (Lipinski definition) is 4. The highest BCUT2D eigenvalue weighted by Crippen LogP contribution is 2.13. The van der Waals surface area contributed by atoms with Crippen molar-refractivity contribution in [1.82, 2.24) is 10.2 Å². The van der Waals surface area contributed by atoms with Crippen molar-refractivity contribution in [3.8, 4) is 5.75 Å². The van der Waals surface area contributed by atoms with E-state index in [4.69, 9.17) is 9.47 Å². The molecule has 0 saturated carbocycles. The second kappa shape index (κ2) is 8.76. The highest BCUT2D eigenvalue weighted by molar-refractivity contribution is 5.80. The summed E-state index contributed by atoms with van der Waals surface area (Å²) >= 11 is 0. The van der Waals surface area contributed by atoms with Gasteiger partial charge in [0.1, 0.15) is 5.75 Å². The molecule has 1 N–H and O–H groups in total. The minimum Gasteiger partial charge on any atom is -0.481 e. The van der Waals surface area contributed by atoms with E-state index in [1.807, 2.05) is 31.2 Å².